The Balaban J connectivity index is 2.62. The number of fused-ring (bicyclic) bond motifs is 3. The van der Waals surface area contributed by atoms with Gasteiger partial charge in [0.2, 0.25) is 0 Å². The van der Waals surface area contributed by atoms with Crippen molar-refractivity contribution < 1.29 is 4.79 Å². The van der Waals surface area contributed by atoms with E-state index in [0.29, 0.717) is 0 Å². The third-order valence-electron chi connectivity index (χ3n) is 3.35. The Labute approximate surface area is 99.5 Å². The van der Waals surface area contributed by atoms with Crippen LogP contribution in [-0.4, -0.2) is 10.9 Å². The van der Waals surface area contributed by atoms with Crippen molar-refractivity contribution in [3.63, 3.8) is 0 Å². The van der Waals surface area contributed by atoms with Gasteiger partial charge in [-0.25, -0.2) is 0 Å². The van der Waals surface area contributed by atoms with Gasteiger partial charge < -0.3 is 4.57 Å². The number of carbonyl (C=O) groups excluding carboxylic acids is 1. The van der Waals surface area contributed by atoms with E-state index in [-0.39, 0.29) is 0 Å². The van der Waals surface area contributed by atoms with Crippen molar-refractivity contribution in [1.82, 2.24) is 4.57 Å². The Kier molecular flexibility index (Phi) is 2.05. The molecule has 0 amide bonds. The molecular formula is C15H13NO. The summed E-state index contributed by atoms with van der Waals surface area (Å²) >= 11 is 0. The Morgan fingerprint density at radius 1 is 1.12 bits per heavy atom. The molecule has 0 radical (unpaired) electrons. The summed E-state index contributed by atoms with van der Waals surface area (Å²) < 4.78 is 2.19. The number of para-hydroxylation sites is 1. The predicted molar refractivity (Wildman–Crippen MR) is 70.5 cm³/mol. The molecule has 17 heavy (non-hydrogen) atoms. The van der Waals surface area contributed by atoms with E-state index >= 15 is 0 Å². The molecule has 3 rings (SSSR count). The highest BCUT2D eigenvalue weighted by molar-refractivity contribution is 6.10. The molecule has 0 aliphatic carbocycles. The molecule has 1 heterocycles. The third kappa shape index (κ3) is 1.30. The van der Waals surface area contributed by atoms with Gasteiger partial charge in [0.25, 0.3) is 0 Å². The molecule has 2 heteroatoms. The largest absolute Gasteiger partial charge is 0.343 e. The first-order valence-corrected chi connectivity index (χ1v) is 5.65. The summed E-state index contributed by atoms with van der Waals surface area (Å²) in [5.41, 5.74) is 4.29. The van der Waals surface area contributed by atoms with Gasteiger partial charge in [0.1, 0.15) is 6.29 Å². The van der Waals surface area contributed by atoms with Crippen LogP contribution in [0.5, 0.6) is 0 Å². The smallest absolute Gasteiger partial charge is 0.150 e. The topological polar surface area (TPSA) is 22.0 Å². The van der Waals surface area contributed by atoms with Gasteiger partial charge >= 0.3 is 0 Å². The van der Waals surface area contributed by atoms with Crippen LogP contribution < -0.4 is 0 Å². The monoisotopic (exact) mass is 223 g/mol. The van der Waals surface area contributed by atoms with Gasteiger partial charge in [0, 0.05) is 28.9 Å². The van der Waals surface area contributed by atoms with Crippen LogP contribution in [0, 0.1) is 6.92 Å². The quantitative estimate of drug-likeness (QED) is 0.579. The summed E-state index contributed by atoms with van der Waals surface area (Å²) in [7, 11) is 2.07. The lowest BCUT2D eigenvalue weighted by atomic mass is 10.1. The fourth-order valence-corrected chi connectivity index (χ4v) is 2.64. The Hall–Kier alpha value is -2.09. The van der Waals surface area contributed by atoms with Crippen molar-refractivity contribution in [3.05, 3.63) is 47.5 Å². The Morgan fingerprint density at radius 3 is 2.65 bits per heavy atom. The van der Waals surface area contributed by atoms with E-state index in [2.05, 4.69) is 23.7 Å². The van der Waals surface area contributed by atoms with Crippen LogP contribution in [0.2, 0.25) is 0 Å². The van der Waals surface area contributed by atoms with E-state index in [1.54, 1.807) is 0 Å². The number of benzene rings is 2. The maximum Gasteiger partial charge on any atom is 0.150 e. The molecular weight excluding hydrogens is 210 g/mol. The summed E-state index contributed by atoms with van der Waals surface area (Å²) in [5.74, 6) is 0. The van der Waals surface area contributed by atoms with Gasteiger partial charge in [0.05, 0.1) is 5.52 Å². The molecule has 2 nitrogen and oxygen atoms in total. The van der Waals surface area contributed by atoms with Crippen LogP contribution in [0.4, 0.5) is 0 Å². The van der Waals surface area contributed by atoms with Crippen molar-refractivity contribution in [2.75, 3.05) is 0 Å². The minimum Gasteiger partial charge on any atom is -0.343 e. The van der Waals surface area contributed by atoms with Crippen LogP contribution in [0.15, 0.2) is 36.4 Å². The van der Waals surface area contributed by atoms with Gasteiger partial charge in [-0.15, -0.1) is 0 Å². The summed E-state index contributed by atoms with van der Waals surface area (Å²) in [4.78, 5) is 10.9. The van der Waals surface area contributed by atoms with E-state index in [1.807, 2.05) is 31.2 Å². The van der Waals surface area contributed by atoms with Crippen molar-refractivity contribution in [3.8, 4) is 0 Å². The average Bonchev–Trinajstić information content (AvgIpc) is 2.64. The number of hydrogen-bond acceptors (Lipinski definition) is 1. The number of nitrogens with zero attached hydrogens (tertiary/aromatic N) is 1. The van der Waals surface area contributed by atoms with Crippen LogP contribution >= 0.6 is 0 Å². The first kappa shape index (κ1) is 10.1. The molecule has 0 atom stereocenters. The molecule has 0 aliphatic rings. The minimum atomic E-state index is 0.742. The van der Waals surface area contributed by atoms with Gasteiger partial charge in [-0.1, -0.05) is 18.2 Å². The molecule has 0 N–H and O–H groups in total. The molecule has 0 saturated heterocycles. The number of carbonyl (C=O) groups is 1. The molecule has 3 aromatic rings. The van der Waals surface area contributed by atoms with E-state index in [4.69, 9.17) is 0 Å². The number of aldehydes is 1. The second-order valence-corrected chi connectivity index (χ2v) is 4.43. The molecule has 0 unspecified atom stereocenters. The molecule has 0 bridgehead atoms. The Morgan fingerprint density at radius 2 is 1.88 bits per heavy atom. The van der Waals surface area contributed by atoms with Gasteiger partial charge in [0.15, 0.2) is 0 Å². The van der Waals surface area contributed by atoms with E-state index < -0.39 is 0 Å². The lowest BCUT2D eigenvalue weighted by Gasteiger charge is -2.02. The van der Waals surface area contributed by atoms with Crippen LogP contribution in [0.1, 0.15) is 15.9 Å². The lowest BCUT2D eigenvalue weighted by Crippen LogP contribution is -1.90. The van der Waals surface area contributed by atoms with Gasteiger partial charge in [-0.3, -0.25) is 4.79 Å². The second-order valence-electron chi connectivity index (χ2n) is 4.43. The fourth-order valence-electron chi connectivity index (χ4n) is 2.64. The summed E-state index contributed by atoms with van der Waals surface area (Å²) in [6.07, 6.45) is 0.911. The predicted octanol–water partition coefficient (Wildman–Crippen LogP) is 3.45. The SMILES string of the molecule is Cc1cc(C=O)cc2c3ccccc3n(C)c12. The summed E-state index contributed by atoms with van der Waals surface area (Å²) in [6.45, 7) is 2.05. The molecule has 1 aromatic heterocycles. The molecule has 0 fully saturated rings. The van der Waals surface area contributed by atoms with E-state index in [0.717, 1.165) is 22.8 Å². The maximum atomic E-state index is 10.9. The summed E-state index contributed by atoms with van der Waals surface area (Å²) in [6, 6.07) is 12.2. The van der Waals surface area contributed by atoms with Crippen molar-refractivity contribution in [1.29, 1.82) is 0 Å². The number of aromatic nitrogens is 1. The standard InChI is InChI=1S/C15H13NO/c1-10-7-11(9-17)8-13-12-5-3-4-6-14(12)16(2)15(10)13/h3-9H,1-2H3. The number of rotatable bonds is 1. The van der Waals surface area contributed by atoms with Gasteiger partial charge in [-0.05, 0) is 30.7 Å². The van der Waals surface area contributed by atoms with Crippen LogP contribution in [-0.2, 0) is 7.05 Å². The highest BCUT2D eigenvalue weighted by Gasteiger charge is 2.10. The first-order valence-electron chi connectivity index (χ1n) is 5.65. The van der Waals surface area contributed by atoms with Crippen LogP contribution in [0.25, 0.3) is 21.8 Å². The van der Waals surface area contributed by atoms with Gasteiger partial charge in [-0.2, -0.15) is 0 Å². The summed E-state index contributed by atoms with van der Waals surface area (Å²) in [5, 5.41) is 2.36. The van der Waals surface area contributed by atoms with Crippen molar-refractivity contribution in [2.45, 2.75) is 6.92 Å². The average molecular weight is 223 g/mol. The molecule has 84 valence electrons. The van der Waals surface area contributed by atoms with Crippen molar-refractivity contribution >= 4 is 28.1 Å². The highest BCUT2D eigenvalue weighted by atomic mass is 16.1. The number of hydrogen-bond donors (Lipinski definition) is 0. The third-order valence-corrected chi connectivity index (χ3v) is 3.35. The zero-order valence-corrected chi connectivity index (χ0v) is 9.90. The highest BCUT2D eigenvalue weighted by Crippen LogP contribution is 2.30. The molecule has 2 aromatic carbocycles. The fraction of sp³-hybridized carbons (Fsp3) is 0.133. The second kappa shape index (κ2) is 3.45. The zero-order valence-electron chi connectivity index (χ0n) is 9.90. The maximum absolute atomic E-state index is 10.9. The first-order chi connectivity index (χ1) is 8.22. The molecule has 0 aliphatic heterocycles. The molecule has 0 saturated carbocycles. The molecule has 0 spiro atoms. The van der Waals surface area contributed by atoms with Crippen LogP contribution in [0.3, 0.4) is 0 Å². The number of aryl methyl sites for hydroxylation is 2. The Bertz CT molecular complexity index is 737. The van der Waals surface area contributed by atoms with E-state index in [1.165, 1.54) is 16.4 Å². The van der Waals surface area contributed by atoms with Crippen molar-refractivity contribution in [2.24, 2.45) is 7.05 Å². The van der Waals surface area contributed by atoms with E-state index in [9.17, 15) is 4.79 Å². The normalized spacial score (nSPS) is 11.2. The lowest BCUT2D eigenvalue weighted by molar-refractivity contribution is 0.112. The minimum absolute atomic E-state index is 0.742. The zero-order chi connectivity index (χ0) is 12.0.